The van der Waals surface area contributed by atoms with E-state index in [2.05, 4.69) is 25.6 Å². The van der Waals surface area contributed by atoms with Crippen molar-refractivity contribution < 1.29 is 5.21 Å². The third kappa shape index (κ3) is 1.94. The highest BCUT2D eigenvalue weighted by atomic mass is 16.4. The molecule has 0 radical (unpaired) electrons. The van der Waals surface area contributed by atoms with Gasteiger partial charge in [-0.25, -0.2) is 0 Å². The number of nitrogens with zero attached hydrogens (tertiary/aromatic N) is 7. The lowest BCUT2D eigenvalue weighted by Crippen LogP contribution is -2.36. The van der Waals surface area contributed by atoms with E-state index in [0.29, 0.717) is 17.9 Å². The van der Waals surface area contributed by atoms with Crippen LogP contribution in [0.5, 0.6) is 0 Å². The summed E-state index contributed by atoms with van der Waals surface area (Å²) in [5.41, 5.74) is 6.20. The number of aromatic nitrogens is 5. The number of hydrogen-bond acceptors (Lipinski definition) is 7. The zero-order chi connectivity index (χ0) is 13.2. The second kappa shape index (κ2) is 4.52. The Bertz CT molecular complexity index is 621. The predicted molar refractivity (Wildman–Crippen MR) is 65.6 cm³/mol. The van der Waals surface area contributed by atoms with Crippen molar-refractivity contribution in [2.75, 3.05) is 11.4 Å². The van der Waals surface area contributed by atoms with Crippen molar-refractivity contribution in [3.63, 3.8) is 0 Å². The van der Waals surface area contributed by atoms with Crippen molar-refractivity contribution in [2.45, 2.75) is 13.1 Å². The van der Waals surface area contributed by atoms with Gasteiger partial charge in [-0.2, -0.15) is 5.10 Å². The summed E-state index contributed by atoms with van der Waals surface area (Å²) in [4.78, 5) is 1.98. The van der Waals surface area contributed by atoms with E-state index in [1.165, 1.54) is 6.20 Å². The zero-order valence-corrected chi connectivity index (χ0v) is 10.0. The van der Waals surface area contributed by atoms with Crippen LogP contribution in [0.15, 0.2) is 23.7 Å². The Morgan fingerprint density at radius 1 is 1.32 bits per heavy atom. The van der Waals surface area contributed by atoms with Crippen molar-refractivity contribution >= 4 is 11.7 Å². The number of amidine groups is 1. The van der Waals surface area contributed by atoms with Crippen molar-refractivity contribution in [3.8, 4) is 0 Å². The molecule has 0 bridgehead atoms. The van der Waals surface area contributed by atoms with E-state index in [4.69, 9.17) is 10.9 Å². The van der Waals surface area contributed by atoms with Crippen LogP contribution in [0.25, 0.3) is 0 Å². The summed E-state index contributed by atoms with van der Waals surface area (Å²) in [6, 6.07) is 1.66. The summed E-state index contributed by atoms with van der Waals surface area (Å²) in [6.07, 6.45) is 3.21. The van der Waals surface area contributed by atoms with Crippen LogP contribution < -0.4 is 10.6 Å². The Balaban J connectivity index is 1.96. The van der Waals surface area contributed by atoms with E-state index in [1.54, 1.807) is 12.4 Å². The molecule has 1 aliphatic rings. The molecule has 2 aromatic rings. The van der Waals surface area contributed by atoms with Gasteiger partial charge in [-0.15, -0.1) is 15.3 Å². The van der Waals surface area contributed by atoms with Gasteiger partial charge in [0, 0.05) is 13.1 Å². The normalized spacial score (nSPS) is 15.4. The molecule has 9 nitrogen and oxygen atoms in total. The average molecular weight is 260 g/mol. The summed E-state index contributed by atoms with van der Waals surface area (Å²) < 4.78 is 1.98. The molecule has 3 rings (SSSR count). The quantitative estimate of drug-likeness (QED) is 0.313. The number of nitrogens with two attached hydrogens (primary N) is 1. The maximum atomic E-state index is 8.81. The Kier molecular flexibility index (Phi) is 2.71. The second-order valence-corrected chi connectivity index (χ2v) is 4.12. The van der Waals surface area contributed by atoms with Crippen LogP contribution in [0.2, 0.25) is 0 Å². The minimum atomic E-state index is 0.0111. The van der Waals surface area contributed by atoms with Crippen molar-refractivity contribution in [1.82, 2.24) is 25.0 Å². The van der Waals surface area contributed by atoms with E-state index < -0.39 is 0 Å². The van der Waals surface area contributed by atoms with Gasteiger partial charge in [-0.05, 0) is 6.07 Å². The van der Waals surface area contributed by atoms with Crippen LogP contribution in [0, 0.1) is 0 Å². The average Bonchev–Trinajstić information content (AvgIpc) is 2.93. The van der Waals surface area contributed by atoms with Gasteiger partial charge in [0.25, 0.3) is 0 Å². The van der Waals surface area contributed by atoms with Gasteiger partial charge in [0.2, 0.25) is 0 Å². The first kappa shape index (κ1) is 11.4. The van der Waals surface area contributed by atoms with Crippen LogP contribution in [0.4, 0.5) is 5.82 Å². The monoisotopic (exact) mass is 260 g/mol. The smallest absolute Gasteiger partial charge is 0.173 e. The lowest BCUT2D eigenvalue weighted by Gasteiger charge is -2.28. The predicted octanol–water partition coefficient (Wildman–Crippen LogP) is -0.817. The molecule has 19 heavy (non-hydrogen) atoms. The molecule has 0 unspecified atom stereocenters. The highest BCUT2D eigenvalue weighted by Gasteiger charge is 2.22. The van der Waals surface area contributed by atoms with Gasteiger partial charge in [-0.3, -0.25) is 0 Å². The Morgan fingerprint density at radius 2 is 2.21 bits per heavy atom. The zero-order valence-electron chi connectivity index (χ0n) is 10.0. The molecule has 0 spiro atoms. The Morgan fingerprint density at radius 3 is 3.05 bits per heavy atom. The number of anilines is 1. The van der Waals surface area contributed by atoms with Gasteiger partial charge >= 0.3 is 0 Å². The van der Waals surface area contributed by atoms with Crippen LogP contribution in [-0.4, -0.2) is 42.5 Å². The minimum absolute atomic E-state index is 0.0111. The van der Waals surface area contributed by atoms with Gasteiger partial charge in [-0.1, -0.05) is 5.16 Å². The van der Waals surface area contributed by atoms with Crippen LogP contribution >= 0.6 is 0 Å². The summed E-state index contributed by atoms with van der Waals surface area (Å²) in [7, 11) is 0. The lowest BCUT2D eigenvalue weighted by atomic mass is 10.2. The molecule has 1 aliphatic heterocycles. The first-order valence-corrected chi connectivity index (χ1v) is 5.71. The molecule has 0 aliphatic carbocycles. The summed E-state index contributed by atoms with van der Waals surface area (Å²) in [5, 5.41) is 27.7. The summed E-state index contributed by atoms with van der Waals surface area (Å²) >= 11 is 0. The summed E-state index contributed by atoms with van der Waals surface area (Å²) in [6.45, 7) is 2.05. The fraction of sp³-hybridized carbons (Fsp3) is 0.300. The molecule has 3 heterocycles. The maximum absolute atomic E-state index is 8.81. The number of oxime groups is 1. The van der Waals surface area contributed by atoms with Crippen LogP contribution in [0.1, 0.15) is 11.4 Å². The Hall–Kier alpha value is -2.71. The third-order valence-corrected chi connectivity index (χ3v) is 3.02. The minimum Gasteiger partial charge on any atom is -0.409 e. The SMILES string of the molecule is N/C(=N/O)c1ccnnc1N1CCn2cnnc2C1. The third-order valence-electron chi connectivity index (χ3n) is 3.02. The van der Waals surface area contributed by atoms with E-state index >= 15 is 0 Å². The maximum Gasteiger partial charge on any atom is 0.173 e. The molecule has 9 heteroatoms. The first-order chi connectivity index (χ1) is 9.29. The molecule has 0 aromatic carbocycles. The van der Waals surface area contributed by atoms with Crippen LogP contribution in [-0.2, 0) is 13.1 Å². The van der Waals surface area contributed by atoms with E-state index in [1.807, 2.05) is 9.47 Å². The lowest BCUT2D eigenvalue weighted by molar-refractivity contribution is 0.318. The highest BCUT2D eigenvalue weighted by molar-refractivity contribution is 6.01. The molecule has 0 saturated carbocycles. The topological polar surface area (TPSA) is 118 Å². The van der Waals surface area contributed by atoms with Gasteiger partial charge in [0.1, 0.15) is 6.33 Å². The summed E-state index contributed by atoms with van der Waals surface area (Å²) in [5.74, 6) is 1.44. The van der Waals surface area contributed by atoms with Gasteiger partial charge < -0.3 is 20.4 Å². The standard InChI is InChI=1S/C10H12N8O/c11-9(16-19)7-1-2-12-15-10(7)17-3-4-18-6-13-14-8(18)5-17/h1-2,6,19H,3-5H2,(H2,11,16). The highest BCUT2D eigenvalue weighted by Crippen LogP contribution is 2.20. The van der Waals surface area contributed by atoms with E-state index in [0.717, 1.165) is 18.9 Å². The molecular weight excluding hydrogens is 248 g/mol. The second-order valence-electron chi connectivity index (χ2n) is 4.12. The van der Waals surface area contributed by atoms with Crippen LogP contribution in [0.3, 0.4) is 0 Å². The number of hydrogen-bond donors (Lipinski definition) is 2. The molecule has 3 N–H and O–H groups in total. The van der Waals surface area contributed by atoms with E-state index in [-0.39, 0.29) is 5.84 Å². The fourth-order valence-electron chi connectivity index (χ4n) is 2.06. The van der Waals surface area contributed by atoms with Gasteiger partial charge in [0.15, 0.2) is 17.5 Å². The van der Waals surface area contributed by atoms with Crippen molar-refractivity contribution in [1.29, 1.82) is 0 Å². The fourth-order valence-corrected chi connectivity index (χ4v) is 2.06. The molecule has 0 saturated heterocycles. The molecular formula is C10H12N8O. The first-order valence-electron chi connectivity index (χ1n) is 5.71. The largest absolute Gasteiger partial charge is 0.409 e. The van der Waals surface area contributed by atoms with Crippen molar-refractivity contribution in [2.24, 2.45) is 10.9 Å². The molecule has 0 fully saturated rings. The van der Waals surface area contributed by atoms with Gasteiger partial charge in [0.05, 0.1) is 18.3 Å². The number of fused-ring (bicyclic) bond motifs is 1. The van der Waals surface area contributed by atoms with Crippen molar-refractivity contribution in [3.05, 3.63) is 30.0 Å². The molecule has 98 valence electrons. The molecule has 0 amide bonds. The Labute approximate surface area is 108 Å². The van der Waals surface area contributed by atoms with E-state index in [9.17, 15) is 0 Å². The molecule has 2 aromatic heterocycles. The molecule has 0 atom stereocenters. The number of rotatable bonds is 2.